The highest BCUT2D eigenvalue weighted by Gasteiger charge is 2.25. The number of rotatable bonds is 8. The van der Waals surface area contributed by atoms with Gasteiger partial charge >= 0.3 is 0 Å². The molecule has 0 bridgehead atoms. The first kappa shape index (κ1) is 19.0. The maximum Gasteiger partial charge on any atom is 0.251 e. The number of benzene rings is 1. The van der Waals surface area contributed by atoms with Gasteiger partial charge in [-0.3, -0.25) is 9.59 Å². The first-order valence-corrected chi connectivity index (χ1v) is 7.84. The fraction of sp³-hybridized carbons (Fsp3) is 0.529. The normalized spacial score (nSPS) is 13.3. The van der Waals surface area contributed by atoms with Crippen LogP contribution in [0.4, 0.5) is 0 Å². The lowest BCUT2D eigenvalue weighted by Gasteiger charge is -2.23. The fourth-order valence-electron chi connectivity index (χ4n) is 2.01. The Kier molecular flexibility index (Phi) is 7.54. The van der Waals surface area contributed by atoms with Gasteiger partial charge in [0.1, 0.15) is 11.8 Å². The molecule has 23 heavy (non-hydrogen) atoms. The highest BCUT2D eigenvalue weighted by atomic mass is 16.5. The molecule has 0 saturated carbocycles. The predicted molar refractivity (Wildman–Crippen MR) is 88.4 cm³/mol. The molecule has 1 aromatic carbocycles. The Bertz CT molecular complexity index is 514. The van der Waals surface area contributed by atoms with Crippen molar-refractivity contribution >= 4 is 11.8 Å². The van der Waals surface area contributed by atoms with Gasteiger partial charge in [-0.1, -0.05) is 13.8 Å². The SMILES string of the molecule is CCOc1ccc(C(=O)NC(C(=O)NC(C)CO)C(C)C)cc1. The molecule has 0 heterocycles. The summed E-state index contributed by atoms with van der Waals surface area (Å²) in [7, 11) is 0. The molecule has 2 atom stereocenters. The molecule has 0 aliphatic rings. The van der Waals surface area contributed by atoms with Crippen molar-refractivity contribution in [1.82, 2.24) is 10.6 Å². The molecule has 0 fully saturated rings. The molecule has 0 aromatic heterocycles. The van der Waals surface area contributed by atoms with Gasteiger partial charge in [0.2, 0.25) is 5.91 Å². The second-order valence-corrected chi connectivity index (χ2v) is 5.74. The predicted octanol–water partition coefficient (Wildman–Crippen LogP) is 1.34. The van der Waals surface area contributed by atoms with Gasteiger partial charge in [-0.2, -0.15) is 0 Å². The van der Waals surface area contributed by atoms with Crippen molar-refractivity contribution in [1.29, 1.82) is 0 Å². The summed E-state index contributed by atoms with van der Waals surface area (Å²) in [6.45, 7) is 7.70. The lowest BCUT2D eigenvalue weighted by atomic mass is 10.0. The monoisotopic (exact) mass is 322 g/mol. The number of carbonyl (C=O) groups is 2. The Morgan fingerprint density at radius 1 is 1.13 bits per heavy atom. The van der Waals surface area contributed by atoms with E-state index in [0.717, 1.165) is 0 Å². The Morgan fingerprint density at radius 3 is 2.22 bits per heavy atom. The summed E-state index contributed by atoms with van der Waals surface area (Å²) in [6, 6.07) is 5.74. The third kappa shape index (κ3) is 5.90. The van der Waals surface area contributed by atoms with E-state index in [0.29, 0.717) is 17.9 Å². The average Bonchev–Trinajstić information content (AvgIpc) is 2.52. The number of aliphatic hydroxyl groups is 1. The number of carbonyl (C=O) groups excluding carboxylic acids is 2. The molecule has 0 radical (unpaired) electrons. The minimum absolute atomic E-state index is 0.0764. The van der Waals surface area contributed by atoms with Crippen LogP contribution in [0.5, 0.6) is 5.75 Å². The largest absolute Gasteiger partial charge is 0.494 e. The number of amides is 2. The van der Waals surface area contributed by atoms with Crippen molar-refractivity contribution in [2.45, 2.75) is 39.8 Å². The van der Waals surface area contributed by atoms with Crippen LogP contribution < -0.4 is 15.4 Å². The number of hydrogen-bond donors (Lipinski definition) is 3. The average molecular weight is 322 g/mol. The molecule has 0 saturated heterocycles. The Labute approximate surface area is 137 Å². The Morgan fingerprint density at radius 2 is 1.74 bits per heavy atom. The summed E-state index contributed by atoms with van der Waals surface area (Å²) in [5.41, 5.74) is 0.460. The van der Waals surface area contributed by atoms with E-state index in [1.54, 1.807) is 31.2 Å². The van der Waals surface area contributed by atoms with Crippen molar-refractivity contribution in [3.8, 4) is 5.75 Å². The zero-order valence-electron chi connectivity index (χ0n) is 14.1. The maximum absolute atomic E-state index is 12.3. The van der Waals surface area contributed by atoms with E-state index in [1.165, 1.54) is 0 Å². The Hall–Kier alpha value is -2.08. The van der Waals surface area contributed by atoms with Gasteiger partial charge in [-0.15, -0.1) is 0 Å². The van der Waals surface area contributed by atoms with Crippen LogP contribution in [-0.2, 0) is 4.79 Å². The summed E-state index contributed by atoms with van der Waals surface area (Å²) in [5, 5.41) is 14.4. The van der Waals surface area contributed by atoms with Gasteiger partial charge in [0.25, 0.3) is 5.91 Å². The van der Waals surface area contributed by atoms with Crippen molar-refractivity contribution in [2.75, 3.05) is 13.2 Å². The van der Waals surface area contributed by atoms with E-state index >= 15 is 0 Å². The van der Waals surface area contributed by atoms with Crippen LogP contribution in [0.1, 0.15) is 38.1 Å². The van der Waals surface area contributed by atoms with E-state index in [1.807, 2.05) is 20.8 Å². The molecular formula is C17H26N2O4. The van der Waals surface area contributed by atoms with Gasteiger partial charge < -0.3 is 20.5 Å². The highest BCUT2D eigenvalue weighted by molar-refractivity contribution is 5.97. The molecule has 2 unspecified atom stereocenters. The summed E-state index contributed by atoms with van der Waals surface area (Å²) in [4.78, 5) is 24.5. The van der Waals surface area contributed by atoms with Crippen LogP contribution in [0.2, 0.25) is 0 Å². The first-order valence-electron chi connectivity index (χ1n) is 7.84. The van der Waals surface area contributed by atoms with Gasteiger partial charge in [0.15, 0.2) is 0 Å². The quantitative estimate of drug-likeness (QED) is 0.674. The minimum Gasteiger partial charge on any atom is -0.494 e. The molecule has 6 nitrogen and oxygen atoms in total. The molecule has 1 aromatic rings. The summed E-state index contributed by atoms with van der Waals surface area (Å²) in [6.07, 6.45) is 0. The molecule has 2 amide bonds. The second kappa shape index (κ2) is 9.15. The molecule has 0 aliphatic heterocycles. The van der Waals surface area contributed by atoms with Crippen LogP contribution >= 0.6 is 0 Å². The van der Waals surface area contributed by atoms with E-state index in [4.69, 9.17) is 9.84 Å². The number of nitrogens with one attached hydrogen (secondary N) is 2. The molecule has 6 heteroatoms. The van der Waals surface area contributed by atoms with E-state index in [-0.39, 0.29) is 30.4 Å². The second-order valence-electron chi connectivity index (χ2n) is 5.74. The lowest BCUT2D eigenvalue weighted by Crippen LogP contribution is -2.52. The third-order valence-electron chi connectivity index (χ3n) is 3.33. The summed E-state index contributed by atoms with van der Waals surface area (Å²) >= 11 is 0. The summed E-state index contributed by atoms with van der Waals surface area (Å²) < 4.78 is 5.33. The van der Waals surface area contributed by atoms with Crippen LogP contribution in [0.25, 0.3) is 0 Å². The minimum atomic E-state index is -0.664. The van der Waals surface area contributed by atoms with Gasteiger partial charge in [-0.25, -0.2) is 0 Å². The van der Waals surface area contributed by atoms with Crippen LogP contribution in [0.15, 0.2) is 24.3 Å². The van der Waals surface area contributed by atoms with E-state index in [2.05, 4.69) is 10.6 Å². The van der Waals surface area contributed by atoms with Crippen molar-refractivity contribution in [2.24, 2.45) is 5.92 Å². The zero-order chi connectivity index (χ0) is 17.4. The lowest BCUT2D eigenvalue weighted by molar-refractivity contribution is -0.124. The standard InChI is InChI=1S/C17H26N2O4/c1-5-23-14-8-6-13(7-9-14)16(21)19-15(11(2)3)17(22)18-12(4)10-20/h6-9,11-12,15,20H,5,10H2,1-4H3,(H,18,22)(H,19,21). The number of hydrogen-bond acceptors (Lipinski definition) is 4. The molecule has 0 spiro atoms. The van der Waals surface area contributed by atoms with Crippen molar-refractivity contribution in [3.05, 3.63) is 29.8 Å². The van der Waals surface area contributed by atoms with Gasteiger partial charge in [-0.05, 0) is 44.0 Å². The first-order chi connectivity index (χ1) is 10.9. The zero-order valence-corrected chi connectivity index (χ0v) is 14.1. The fourth-order valence-corrected chi connectivity index (χ4v) is 2.01. The van der Waals surface area contributed by atoms with Crippen LogP contribution in [-0.4, -0.2) is 42.2 Å². The molecule has 3 N–H and O–H groups in total. The Balaban J connectivity index is 2.75. The maximum atomic E-state index is 12.3. The molecule has 128 valence electrons. The van der Waals surface area contributed by atoms with Gasteiger partial charge in [0.05, 0.1) is 13.2 Å². The van der Waals surface area contributed by atoms with Gasteiger partial charge in [0, 0.05) is 11.6 Å². The van der Waals surface area contributed by atoms with Crippen molar-refractivity contribution in [3.63, 3.8) is 0 Å². The molecule has 0 aliphatic carbocycles. The van der Waals surface area contributed by atoms with Crippen LogP contribution in [0, 0.1) is 5.92 Å². The molecule has 1 rings (SSSR count). The molecular weight excluding hydrogens is 296 g/mol. The van der Waals surface area contributed by atoms with Crippen LogP contribution in [0.3, 0.4) is 0 Å². The third-order valence-corrected chi connectivity index (χ3v) is 3.33. The number of aliphatic hydroxyl groups excluding tert-OH is 1. The van der Waals surface area contributed by atoms with Crippen molar-refractivity contribution < 1.29 is 19.4 Å². The number of ether oxygens (including phenoxy) is 1. The van der Waals surface area contributed by atoms with E-state index < -0.39 is 6.04 Å². The highest BCUT2D eigenvalue weighted by Crippen LogP contribution is 2.13. The topological polar surface area (TPSA) is 87.7 Å². The van der Waals surface area contributed by atoms with E-state index in [9.17, 15) is 9.59 Å². The smallest absolute Gasteiger partial charge is 0.251 e. The summed E-state index contributed by atoms with van der Waals surface area (Å²) in [5.74, 6) is -0.00843.